The summed E-state index contributed by atoms with van der Waals surface area (Å²) in [6.45, 7) is 4.50. The first-order valence-corrected chi connectivity index (χ1v) is 12.6. The molecule has 1 aliphatic heterocycles. The Labute approximate surface area is 211 Å². The molecule has 8 heteroatoms. The zero-order chi connectivity index (χ0) is 25.3. The van der Waals surface area contributed by atoms with Gasteiger partial charge in [0.1, 0.15) is 0 Å². The lowest BCUT2D eigenvalue weighted by atomic mass is 10.0. The Morgan fingerprint density at radius 3 is 2.47 bits per heavy atom. The molecule has 188 valence electrons. The molecule has 4 rings (SSSR count). The molecule has 0 bridgehead atoms. The van der Waals surface area contributed by atoms with Crippen LogP contribution in [0, 0.1) is 0 Å². The third kappa shape index (κ3) is 6.38. The maximum absolute atomic E-state index is 13.5. The molecule has 8 nitrogen and oxygen atoms in total. The lowest BCUT2D eigenvalue weighted by Crippen LogP contribution is -2.49. The molecule has 0 radical (unpaired) electrons. The maximum Gasteiger partial charge on any atom is 0.254 e. The van der Waals surface area contributed by atoms with Gasteiger partial charge in [-0.25, -0.2) is 4.98 Å². The molecule has 3 amide bonds. The number of nitrogens with one attached hydrogen (secondary N) is 1. The van der Waals surface area contributed by atoms with Crippen molar-refractivity contribution >= 4 is 23.4 Å². The Kier molecular flexibility index (Phi) is 8.49. The number of anilines is 1. The van der Waals surface area contributed by atoms with Crippen LogP contribution in [0.25, 0.3) is 0 Å². The largest absolute Gasteiger partial charge is 0.338 e. The summed E-state index contributed by atoms with van der Waals surface area (Å²) < 4.78 is 1.85. The van der Waals surface area contributed by atoms with Crippen molar-refractivity contribution in [2.24, 2.45) is 0 Å². The summed E-state index contributed by atoms with van der Waals surface area (Å²) in [5, 5.41) is 2.90. The van der Waals surface area contributed by atoms with Gasteiger partial charge in [-0.1, -0.05) is 31.2 Å². The van der Waals surface area contributed by atoms with E-state index in [2.05, 4.69) is 17.2 Å². The highest BCUT2D eigenvalue weighted by molar-refractivity contribution is 5.97. The van der Waals surface area contributed by atoms with Crippen molar-refractivity contribution in [3.63, 3.8) is 0 Å². The van der Waals surface area contributed by atoms with E-state index in [-0.39, 0.29) is 23.8 Å². The van der Waals surface area contributed by atoms with Crippen LogP contribution in [-0.2, 0) is 11.3 Å². The van der Waals surface area contributed by atoms with E-state index in [9.17, 15) is 14.4 Å². The van der Waals surface area contributed by atoms with Gasteiger partial charge in [0.15, 0.2) is 0 Å². The first kappa shape index (κ1) is 25.2. The summed E-state index contributed by atoms with van der Waals surface area (Å²) >= 11 is 0. The van der Waals surface area contributed by atoms with Crippen molar-refractivity contribution in [3.8, 4) is 0 Å². The Balaban J connectivity index is 1.36. The average molecular weight is 488 g/mol. The third-order valence-electron chi connectivity index (χ3n) is 6.49. The van der Waals surface area contributed by atoms with E-state index in [4.69, 9.17) is 0 Å². The second-order valence-electron chi connectivity index (χ2n) is 9.07. The van der Waals surface area contributed by atoms with E-state index in [0.717, 1.165) is 19.3 Å². The predicted molar refractivity (Wildman–Crippen MR) is 139 cm³/mol. The number of rotatable bonds is 9. The minimum Gasteiger partial charge on any atom is -0.338 e. The highest BCUT2D eigenvalue weighted by Gasteiger charge is 2.30. The van der Waals surface area contributed by atoms with E-state index in [1.165, 1.54) is 0 Å². The number of imidazole rings is 1. The molecular weight excluding hydrogens is 454 g/mol. The van der Waals surface area contributed by atoms with Gasteiger partial charge in [-0.05, 0) is 49.6 Å². The Bertz CT molecular complexity index is 1150. The Morgan fingerprint density at radius 2 is 1.78 bits per heavy atom. The lowest BCUT2D eigenvalue weighted by Gasteiger charge is -2.38. The van der Waals surface area contributed by atoms with Gasteiger partial charge in [0.05, 0.1) is 6.33 Å². The molecule has 0 saturated carbocycles. The summed E-state index contributed by atoms with van der Waals surface area (Å²) in [5.74, 6) is -0.118. The normalized spacial score (nSPS) is 13.9. The van der Waals surface area contributed by atoms with Crippen LogP contribution in [0.15, 0.2) is 73.3 Å². The van der Waals surface area contributed by atoms with E-state index in [1.54, 1.807) is 36.8 Å². The fraction of sp³-hybridized carbons (Fsp3) is 0.357. The molecule has 0 aliphatic carbocycles. The van der Waals surface area contributed by atoms with Crippen LogP contribution in [0.4, 0.5) is 5.69 Å². The molecule has 36 heavy (non-hydrogen) atoms. The number of hydrogen-bond acceptors (Lipinski definition) is 4. The van der Waals surface area contributed by atoms with E-state index >= 15 is 0 Å². The van der Waals surface area contributed by atoms with Gasteiger partial charge in [0, 0.05) is 67.8 Å². The molecule has 1 aliphatic rings. The number of nitrogens with zero attached hydrogens (tertiary/aromatic N) is 4. The number of carbonyl (C=O) groups is 3. The van der Waals surface area contributed by atoms with Crippen molar-refractivity contribution in [3.05, 3.63) is 84.4 Å². The summed E-state index contributed by atoms with van der Waals surface area (Å²) in [6, 6.07) is 16.5. The predicted octanol–water partition coefficient (Wildman–Crippen LogP) is 4.07. The number of carbonyl (C=O) groups excluding carboxylic acids is 3. The SMILES string of the molecule is CCCN(C(=O)c1cccc(NC(=O)CCn2ccnc2)c1)C1CCN(C(=O)c2ccccc2)CC1. The Morgan fingerprint density at radius 1 is 1.03 bits per heavy atom. The van der Waals surface area contributed by atoms with Gasteiger partial charge in [-0.2, -0.15) is 0 Å². The molecule has 1 saturated heterocycles. The van der Waals surface area contributed by atoms with Crippen molar-refractivity contribution in [1.29, 1.82) is 0 Å². The number of hydrogen-bond donors (Lipinski definition) is 1. The Hall–Kier alpha value is -3.94. The second kappa shape index (κ2) is 12.2. The number of likely N-dealkylation sites (tertiary alicyclic amines) is 1. The van der Waals surface area contributed by atoms with Crippen LogP contribution in [-0.4, -0.2) is 62.7 Å². The van der Waals surface area contributed by atoms with Crippen molar-refractivity contribution < 1.29 is 14.4 Å². The van der Waals surface area contributed by atoms with E-state index in [1.807, 2.05) is 50.9 Å². The first-order valence-electron chi connectivity index (χ1n) is 12.6. The van der Waals surface area contributed by atoms with Crippen LogP contribution in [0.2, 0.25) is 0 Å². The lowest BCUT2D eigenvalue weighted by molar-refractivity contribution is -0.116. The summed E-state index contributed by atoms with van der Waals surface area (Å²) in [5.41, 5.74) is 1.86. The van der Waals surface area contributed by atoms with Crippen LogP contribution in [0.1, 0.15) is 53.3 Å². The number of aryl methyl sites for hydroxylation is 1. The van der Waals surface area contributed by atoms with Crippen molar-refractivity contribution in [2.75, 3.05) is 25.0 Å². The zero-order valence-electron chi connectivity index (χ0n) is 20.7. The number of benzene rings is 2. The number of amides is 3. The minimum atomic E-state index is -0.117. The number of piperidine rings is 1. The number of aromatic nitrogens is 2. The van der Waals surface area contributed by atoms with Crippen LogP contribution < -0.4 is 5.32 Å². The maximum atomic E-state index is 13.5. The molecule has 0 unspecified atom stereocenters. The van der Waals surface area contributed by atoms with Gasteiger partial charge in [0.2, 0.25) is 5.91 Å². The fourth-order valence-corrected chi connectivity index (χ4v) is 4.60. The molecule has 3 aromatic rings. The third-order valence-corrected chi connectivity index (χ3v) is 6.49. The molecule has 2 aromatic carbocycles. The smallest absolute Gasteiger partial charge is 0.254 e. The topological polar surface area (TPSA) is 87.5 Å². The minimum absolute atomic E-state index is 0.0406. The van der Waals surface area contributed by atoms with Gasteiger partial charge < -0.3 is 19.7 Å². The zero-order valence-corrected chi connectivity index (χ0v) is 20.7. The van der Waals surface area contributed by atoms with Crippen molar-refractivity contribution in [1.82, 2.24) is 19.4 Å². The summed E-state index contributed by atoms with van der Waals surface area (Å²) in [6.07, 6.45) is 7.83. The highest BCUT2D eigenvalue weighted by Crippen LogP contribution is 2.22. The highest BCUT2D eigenvalue weighted by atomic mass is 16.2. The van der Waals surface area contributed by atoms with Gasteiger partial charge in [0.25, 0.3) is 11.8 Å². The van der Waals surface area contributed by atoms with Crippen LogP contribution in [0.3, 0.4) is 0 Å². The van der Waals surface area contributed by atoms with Crippen molar-refractivity contribution in [2.45, 2.75) is 45.2 Å². The summed E-state index contributed by atoms with van der Waals surface area (Å²) in [7, 11) is 0. The quantitative estimate of drug-likeness (QED) is 0.493. The fourth-order valence-electron chi connectivity index (χ4n) is 4.60. The van der Waals surface area contributed by atoms with Crippen LogP contribution in [0.5, 0.6) is 0 Å². The monoisotopic (exact) mass is 487 g/mol. The average Bonchev–Trinajstić information content (AvgIpc) is 3.44. The van der Waals surface area contributed by atoms with Gasteiger partial charge >= 0.3 is 0 Å². The van der Waals surface area contributed by atoms with Gasteiger partial charge in [-0.3, -0.25) is 14.4 Å². The van der Waals surface area contributed by atoms with E-state index in [0.29, 0.717) is 49.4 Å². The molecule has 2 heterocycles. The molecule has 1 aromatic heterocycles. The van der Waals surface area contributed by atoms with E-state index < -0.39 is 0 Å². The molecule has 1 N–H and O–H groups in total. The second-order valence-corrected chi connectivity index (χ2v) is 9.07. The standard InChI is InChI=1S/C28H33N5O3/c1-2-15-33(25-11-17-32(18-12-25)27(35)22-7-4-3-5-8-22)28(36)23-9-6-10-24(20-23)30-26(34)13-16-31-19-14-29-21-31/h3-10,14,19-21,25H,2,11-13,15-18H2,1H3,(H,30,34). The molecule has 1 fully saturated rings. The van der Waals surface area contributed by atoms with Crippen LogP contribution >= 0.6 is 0 Å². The van der Waals surface area contributed by atoms with Gasteiger partial charge in [-0.15, -0.1) is 0 Å². The first-order chi connectivity index (χ1) is 17.5. The summed E-state index contributed by atoms with van der Waals surface area (Å²) in [4.78, 5) is 46.5. The molecule has 0 atom stereocenters. The molecular formula is C28H33N5O3. The molecule has 0 spiro atoms.